The third-order valence-corrected chi connectivity index (χ3v) is 3.76. The molecule has 0 aromatic heterocycles. The van der Waals surface area contributed by atoms with Crippen molar-refractivity contribution in [3.63, 3.8) is 0 Å². The van der Waals surface area contributed by atoms with Crippen LogP contribution in [0.5, 0.6) is 0 Å². The minimum Gasteiger partial charge on any atom is -0.387 e. The summed E-state index contributed by atoms with van der Waals surface area (Å²) in [7, 11) is 0. The molecular formula is C15H23ClFNO. The maximum atomic E-state index is 13.7. The summed E-state index contributed by atoms with van der Waals surface area (Å²) in [6.07, 6.45) is 4.70. The number of hydrogen-bond acceptors (Lipinski definition) is 2. The summed E-state index contributed by atoms with van der Waals surface area (Å²) in [5, 5.41) is 13.8. The molecule has 1 aliphatic heterocycles. The summed E-state index contributed by atoms with van der Waals surface area (Å²) < 4.78 is 13.7. The molecule has 0 aliphatic carbocycles. The first-order valence-corrected chi connectivity index (χ1v) is 6.91. The second-order valence-electron chi connectivity index (χ2n) is 5.16. The molecule has 0 unspecified atom stereocenters. The van der Waals surface area contributed by atoms with Crippen LogP contribution < -0.4 is 5.32 Å². The van der Waals surface area contributed by atoms with E-state index >= 15 is 0 Å². The minimum absolute atomic E-state index is 0. The van der Waals surface area contributed by atoms with Crippen LogP contribution in [0, 0.1) is 5.82 Å². The molecule has 19 heavy (non-hydrogen) atoms. The molecular weight excluding hydrogens is 265 g/mol. The molecule has 2 rings (SSSR count). The van der Waals surface area contributed by atoms with Gasteiger partial charge in [0.1, 0.15) is 5.82 Å². The predicted octanol–water partition coefficient (Wildman–Crippen LogP) is 3.59. The number of aliphatic hydroxyl groups is 1. The van der Waals surface area contributed by atoms with Crippen molar-refractivity contribution < 1.29 is 9.50 Å². The van der Waals surface area contributed by atoms with Crippen LogP contribution in [0.3, 0.4) is 0 Å². The van der Waals surface area contributed by atoms with E-state index in [1.807, 2.05) is 0 Å². The summed E-state index contributed by atoms with van der Waals surface area (Å²) in [5.74, 6) is -0.315. The van der Waals surface area contributed by atoms with Crippen LogP contribution in [0.25, 0.3) is 0 Å². The molecule has 0 radical (unpaired) electrons. The lowest BCUT2D eigenvalue weighted by Crippen LogP contribution is -2.45. The van der Waals surface area contributed by atoms with Gasteiger partial charge in [-0.3, -0.25) is 0 Å². The van der Waals surface area contributed by atoms with Gasteiger partial charge < -0.3 is 10.4 Å². The van der Waals surface area contributed by atoms with Crippen LogP contribution in [0.4, 0.5) is 4.39 Å². The Bertz CT molecular complexity index is 386. The fourth-order valence-corrected chi connectivity index (χ4v) is 2.81. The highest BCUT2D eigenvalue weighted by Crippen LogP contribution is 2.27. The van der Waals surface area contributed by atoms with Crippen LogP contribution in [-0.4, -0.2) is 17.2 Å². The lowest BCUT2D eigenvalue weighted by atomic mass is 9.90. The van der Waals surface area contributed by atoms with Crippen LogP contribution in [0.2, 0.25) is 0 Å². The molecule has 1 aromatic carbocycles. The van der Waals surface area contributed by atoms with Gasteiger partial charge in [0.15, 0.2) is 0 Å². The van der Waals surface area contributed by atoms with Crippen LogP contribution in [-0.2, 0) is 0 Å². The van der Waals surface area contributed by atoms with E-state index in [0.717, 1.165) is 32.1 Å². The van der Waals surface area contributed by atoms with Gasteiger partial charge in [-0.1, -0.05) is 38.0 Å². The van der Waals surface area contributed by atoms with E-state index in [0.29, 0.717) is 11.6 Å². The van der Waals surface area contributed by atoms with Crippen molar-refractivity contribution in [2.45, 2.75) is 57.2 Å². The van der Waals surface area contributed by atoms with Gasteiger partial charge in [0.2, 0.25) is 0 Å². The molecule has 1 saturated heterocycles. The van der Waals surface area contributed by atoms with Crippen molar-refractivity contribution in [1.29, 1.82) is 0 Å². The Morgan fingerprint density at radius 1 is 1.37 bits per heavy atom. The highest BCUT2D eigenvalue weighted by molar-refractivity contribution is 5.85. The van der Waals surface area contributed by atoms with Gasteiger partial charge in [-0.25, -0.2) is 4.39 Å². The highest BCUT2D eigenvalue weighted by Gasteiger charge is 2.28. The zero-order valence-corrected chi connectivity index (χ0v) is 12.1. The largest absolute Gasteiger partial charge is 0.387 e. The maximum Gasteiger partial charge on any atom is 0.129 e. The molecule has 4 heteroatoms. The van der Waals surface area contributed by atoms with E-state index in [1.54, 1.807) is 18.2 Å². The van der Waals surface area contributed by atoms with Gasteiger partial charge >= 0.3 is 0 Å². The summed E-state index contributed by atoms with van der Waals surface area (Å²) in [5.41, 5.74) is 0.409. The molecule has 108 valence electrons. The smallest absolute Gasteiger partial charge is 0.129 e. The first-order valence-electron chi connectivity index (χ1n) is 6.91. The normalized spacial score (nSPS) is 24.6. The molecule has 1 aromatic rings. The lowest BCUT2D eigenvalue weighted by Gasteiger charge is -2.34. The molecule has 1 aliphatic rings. The molecule has 1 fully saturated rings. The second kappa shape index (κ2) is 7.83. The number of piperidine rings is 1. The number of aliphatic hydroxyl groups excluding tert-OH is 1. The Hall–Kier alpha value is -0.640. The molecule has 0 spiro atoms. The van der Waals surface area contributed by atoms with Gasteiger partial charge in [0.05, 0.1) is 6.10 Å². The first kappa shape index (κ1) is 16.4. The number of rotatable bonds is 4. The van der Waals surface area contributed by atoms with Crippen molar-refractivity contribution in [1.82, 2.24) is 5.32 Å². The summed E-state index contributed by atoms with van der Waals surface area (Å²) >= 11 is 0. The van der Waals surface area contributed by atoms with E-state index in [9.17, 15) is 9.50 Å². The Labute approximate surface area is 120 Å². The van der Waals surface area contributed by atoms with Crippen molar-refractivity contribution in [2.75, 3.05) is 0 Å². The molecule has 1 heterocycles. The SMILES string of the molecule is CCC[C@@H]1CCC[C@H]([C@@H](O)c2ccccc2F)N1.Cl. The third kappa shape index (κ3) is 4.16. The average Bonchev–Trinajstić information content (AvgIpc) is 2.39. The molecule has 0 saturated carbocycles. The quantitative estimate of drug-likeness (QED) is 0.887. The van der Waals surface area contributed by atoms with Gasteiger partial charge in [-0.05, 0) is 25.3 Å². The lowest BCUT2D eigenvalue weighted by molar-refractivity contribution is 0.0966. The van der Waals surface area contributed by atoms with E-state index in [4.69, 9.17) is 0 Å². The van der Waals surface area contributed by atoms with Crippen molar-refractivity contribution in [3.8, 4) is 0 Å². The average molecular weight is 288 g/mol. The van der Waals surface area contributed by atoms with Gasteiger partial charge in [0, 0.05) is 17.6 Å². The molecule has 0 bridgehead atoms. The molecule has 3 atom stereocenters. The van der Waals surface area contributed by atoms with E-state index in [1.165, 1.54) is 6.07 Å². The summed E-state index contributed by atoms with van der Waals surface area (Å²) in [6.45, 7) is 2.17. The Kier molecular flexibility index (Phi) is 6.76. The van der Waals surface area contributed by atoms with Crippen molar-refractivity contribution in [2.24, 2.45) is 0 Å². The Balaban J connectivity index is 0.00000180. The van der Waals surface area contributed by atoms with Crippen molar-refractivity contribution in [3.05, 3.63) is 35.6 Å². The predicted molar refractivity (Wildman–Crippen MR) is 78.1 cm³/mol. The van der Waals surface area contributed by atoms with Crippen LogP contribution in [0.15, 0.2) is 24.3 Å². The first-order chi connectivity index (χ1) is 8.72. The van der Waals surface area contributed by atoms with Crippen molar-refractivity contribution >= 4 is 12.4 Å². The fourth-order valence-electron chi connectivity index (χ4n) is 2.81. The van der Waals surface area contributed by atoms with Gasteiger partial charge in [0.25, 0.3) is 0 Å². The number of nitrogens with one attached hydrogen (secondary N) is 1. The molecule has 2 nitrogen and oxygen atoms in total. The van der Waals surface area contributed by atoms with Crippen LogP contribution >= 0.6 is 12.4 Å². The van der Waals surface area contributed by atoms with Gasteiger partial charge in [-0.15, -0.1) is 12.4 Å². The molecule has 2 N–H and O–H groups in total. The maximum absolute atomic E-state index is 13.7. The number of halogens is 2. The summed E-state index contributed by atoms with van der Waals surface area (Å²) in [6, 6.07) is 6.95. The Morgan fingerprint density at radius 3 is 2.79 bits per heavy atom. The van der Waals surface area contributed by atoms with Gasteiger partial charge in [-0.2, -0.15) is 0 Å². The fraction of sp³-hybridized carbons (Fsp3) is 0.600. The van der Waals surface area contributed by atoms with E-state index < -0.39 is 6.10 Å². The standard InChI is InChI=1S/C15H22FNO.ClH/c1-2-6-11-7-5-10-14(17-11)15(18)12-8-3-4-9-13(12)16;/h3-4,8-9,11,14-15,17-18H,2,5-7,10H2,1H3;1H/t11-,14-,15+;/m1./s1. The monoisotopic (exact) mass is 287 g/mol. The Morgan fingerprint density at radius 2 is 2.11 bits per heavy atom. The third-order valence-electron chi connectivity index (χ3n) is 3.76. The minimum atomic E-state index is -0.745. The number of hydrogen-bond donors (Lipinski definition) is 2. The zero-order chi connectivity index (χ0) is 13.0. The second-order valence-corrected chi connectivity index (χ2v) is 5.16. The molecule has 0 amide bonds. The van der Waals surface area contributed by atoms with E-state index in [-0.39, 0.29) is 24.3 Å². The highest BCUT2D eigenvalue weighted by atomic mass is 35.5. The summed E-state index contributed by atoms with van der Waals surface area (Å²) in [4.78, 5) is 0. The van der Waals surface area contributed by atoms with Crippen LogP contribution in [0.1, 0.15) is 50.7 Å². The zero-order valence-electron chi connectivity index (χ0n) is 11.3. The van der Waals surface area contributed by atoms with E-state index in [2.05, 4.69) is 12.2 Å². The topological polar surface area (TPSA) is 32.3 Å². The number of benzene rings is 1.